The van der Waals surface area contributed by atoms with Gasteiger partial charge in [-0.2, -0.15) is 0 Å². The molecular weight excluding hydrogens is 532 g/mol. The zero-order valence-corrected chi connectivity index (χ0v) is 23.3. The number of aliphatic hydroxyl groups is 2. The van der Waals surface area contributed by atoms with Gasteiger partial charge in [-0.15, -0.1) is 0 Å². The molecule has 10 heteroatoms. The van der Waals surface area contributed by atoms with Crippen molar-refractivity contribution in [1.29, 1.82) is 0 Å². The van der Waals surface area contributed by atoms with Crippen molar-refractivity contribution in [2.45, 2.75) is 44.4 Å². The molecular formula is C30H35ClN4O5. The molecule has 3 amide bonds. The lowest BCUT2D eigenvalue weighted by molar-refractivity contribution is -0.139. The summed E-state index contributed by atoms with van der Waals surface area (Å²) >= 11 is 6.29. The van der Waals surface area contributed by atoms with Crippen LogP contribution in [-0.2, 0) is 26.5 Å². The van der Waals surface area contributed by atoms with Crippen LogP contribution in [0.25, 0.3) is 0 Å². The van der Waals surface area contributed by atoms with Crippen molar-refractivity contribution in [1.82, 2.24) is 10.2 Å². The number of hydrogen-bond donors (Lipinski definition) is 3. The molecule has 0 aromatic heterocycles. The summed E-state index contributed by atoms with van der Waals surface area (Å²) in [4.78, 5) is 43.8. The molecule has 3 N–H and O–H groups in total. The van der Waals surface area contributed by atoms with Gasteiger partial charge in [-0.25, -0.2) is 0 Å². The van der Waals surface area contributed by atoms with Crippen LogP contribution in [0.4, 0.5) is 11.4 Å². The Balaban J connectivity index is 1.33. The highest BCUT2D eigenvalue weighted by atomic mass is 35.5. The van der Waals surface area contributed by atoms with Crippen LogP contribution in [0.3, 0.4) is 0 Å². The zero-order valence-electron chi connectivity index (χ0n) is 22.6. The lowest BCUT2D eigenvalue weighted by atomic mass is 9.83. The SMILES string of the molecule is C[C@@H](/C=C/CC(=O)N1CCC[C@H]1CO)[C@]1(O)C(=O)N(Cc2ccc(N3CCNCC3=O)cc2)c2ccc(Cl)cc21. The van der Waals surface area contributed by atoms with Gasteiger partial charge in [0, 0.05) is 48.2 Å². The van der Waals surface area contributed by atoms with Crippen molar-refractivity contribution >= 4 is 40.7 Å². The number of anilines is 2. The second kappa shape index (κ2) is 11.7. The molecule has 3 aliphatic heterocycles. The molecule has 2 saturated heterocycles. The molecule has 212 valence electrons. The number of carbonyl (C=O) groups is 3. The lowest BCUT2D eigenvalue weighted by Gasteiger charge is -2.28. The third kappa shape index (κ3) is 5.26. The second-order valence-corrected chi connectivity index (χ2v) is 11.1. The normalized spacial score (nSPS) is 23.8. The maximum absolute atomic E-state index is 13.8. The first kappa shape index (κ1) is 28.3. The van der Waals surface area contributed by atoms with Crippen LogP contribution in [0.15, 0.2) is 54.6 Å². The van der Waals surface area contributed by atoms with Crippen LogP contribution in [0.1, 0.15) is 37.3 Å². The Morgan fingerprint density at radius 1 is 1.20 bits per heavy atom. The summed E-state index contributed by atoms with van der Waals surface area (Å²) in [5.74, 6) is -1.17. The van der Waals surface area contributed by atoms with E-state index in [4.69, 9.17) is 11.6 Å². The monoisotopic (exact) mass is 566 g/mol. The van der Waals surface area contributed by atoms with Crippen molar-refractivity contribution in [2.75, 3.05) is 42.6 Å². The van der Waals surface area contributed by atoms with Crippen LogP contribution in [-0.4, -0.2) is 71.7 Å². The van der Waals surface area contributed by atoms with Gasteiger partial charge in [0.05, 0.1) is 31.4 Å². The highest BCUT2D eigenvalue weighted by Gasteiger charge is 2.52. The highest BCUT2D eigenvalue weighted by Crippen LogP contribution is 2.46. The minimum Gasteiger partial charge on any atom is -0.394 e. The Labute approximate surface area is 239 Å². The van der Waals surface area contributed by atoms with Crippen molar-refractivity contribution in [3.63, 3.8) is 0 Å². The van der Waals surface area contributed by atoms with Gasteiger partial charge in [-0.05, 0) is 48.7 Å². The van der Waals surface area contributed by atoms with E-state index in [0.717, 1.165) is 30.6 Å². The van der Waals surface area contributed by atoms with E-state index in [0.29, 0.717) is 35.9 Å². The number of amides is 3. The Morgan fingerprint density at radius 3 is 2.70 bits per heavy atom. The lowest BCUT2D eigenvalue weighted by Crippen LogP contribution is -2.48. The largest absolute Gasteiger partial charge is 0.394 e. The fourth-order valence-corrected chi connectivity index (χ4v) is 6.08. The van der Waals surface area contributed by atoms with E-state index in [1.54, 1.807) is 52.0 Å². The Hall–Kier alpha value is -3.24. The van der Waals surface area contributed by atoms with E-state index in [1.165, 1.54) is 0 Å². The Bertz CT molecular complexity index is 1320. The molecule has 2 aromatic carbocycles. The predicted octanol–water partition coefficient (Wildman–Crippen LogP) is 2.58. The Morgan fingerprint density at radius 2 is 1.98 bits per heavy atom. The number of nitrogens with zero attached hydrogens (tertiary/aromatic N) is 3. The summed E-state index contributed by atoms with van der Waals surface area (Å²) in [6, 6.07) is 12.4. The van der Waals surface area contributed by atoms with E-state index in [2.05, 4.69) is 5.32 Å². The number of piperazine rings is 1. The first-order valence-electron chi connectivity index (χ1n) is 13.8. The summed E-state index contributed by atoms with van der Waals surface area (Å²) in [6.45, 7) is 4.20. The number of nitrogens with one attached hydrogen (secondary N) is 1. The summed E-state index contributed by atoms with van der Waals surface area (Å²) in [5.41, 5.74) is 0.810. The number of aliphatic hydroxyl groups excluding tert-OH is 1. The van der Waals surface area contributed by atoms with Crippen LogP contribution in [0, 0.1) is 5.92 Å². The molecule has 2 fully saturated rings. The summed E-state index contributed by atoms with van der Waals surface area (Å²) in [6.07, 6.45) is 5.18. The molecule has 0 saturated carbocycles. The molecule has 9 nitrogen and oxygen atoms in total. The van der Waals surface area contributed by atoms with Crippen molar-refractivity contribution < 1.29 is 24.6 Å². The van der Waals surface area contributed by atoms with Gasteiger partial charge in [-0.3, -0.25) is 14.4 Å². The molecule has 3 heterocycles. The predicted molar refractivity (Wildman–Crippen MR) is 153 cm³/mol. The van der Waals surface area contributed by atoms with Gasteiger partial charge < -0.3 is 30.2 Å². The third-order valence-corrected chi connectivity index (χ3v) is 8.43. The molecule has 0 aliphatic carbocycles. The maximum atomic E-state index is 13.8. The van der Waals surface area contributed by atoms with Gasteiger partial charge in [0.1, 0.15) is 0 Å². The summed E-state index contributed by atoms with van der Waals surface area (Å²) in [5, 5.41) is 24.9. The molecule has 0 radical (unpaired) electrons. The maximum Gasteiger partial charge on any atom is 0.264 e. The van der Waals surface area contributed by atoms with Crippen LogP contribution in [0.2, 0.25) is 5.02 Å². The first-order chi connectivity index (χ1) is 19.2. The first-order valence-corrected chi connectivity index (χ1v) is 14.1. The molecule has 40 heavy (non-hydrogen) atoms. The fourth-order valence-electron chi connectivity index (χ4n) is 5.90. The topological polar surface area (TPSA) is 113 Å². The number of halogens is 1. The van der Waals surface area contributed by atoms with E-state index in [-0.39, 0.29) is 37.4 Å². The van der Waals surface area contributed by atoms with Crippen LogP contribution >= 0.6 is 11.6 Å². The molecule has 0 bridgehead atoms. The quantitative estimate of drug-likeness (QED) is 0.423. The number of hydrogen-bond acceptors (Lipinski definition) is 6. The average Bonchev–Trinajstić information content (AvgIpc) is 3.52. The van der Waals surface area contributed by atoms with Gasteiger partial charge in [-0.1, -0.05) is 42.8 Å². The van der Waals surface area contributed by atoms with Crippen molar-refractivity contribution in [2.24, 2.45) is 5.92 Å². The molecule has 5 rings (SSSR count). The smallest absolute Gasteiger partial charge is 0.264 e. The van der Waals surface area contributed by atoms with E-state index in [9.17, 15) is 24.6 Å². The van der Waals surface area contributed by atoms with E-state index in [1.807, 2.05) is 24.3 Å². The van der Waals surface area contributed by atoms with Gasteiger partial charge in [0.15, 0.2) is 5.60 Å². The number of carbonyl (C=O) groups excluding carboxylic acids is 3. The average molecular weight is 567 g/mol. The fraction of sp³-hybridized carbons (Fsp3) is 0.433. The van der Waals surface area contributed by atoms with E-state index < -0.39 is 17.4 Å². The summed E-state index contributed by atoms with van der Waals surface area (Å²) in [7, 11) is 0. The second-order valence-electron chi connectivity index (χ2n) is 10.7. The number of benzene rings is 2. The molecule has 2 aromatic rings. The van der Waals surface area contributed by atoms with Gasteiger partial charge in [0.25, 0.3) is 5.91 Å². The highest BCUT2D eigenvalue weighted by molar-refractivity contribution is 6.31. The summed E-state index contributed by atoms with van der Waals surface area (Å²) < 4.78 is 0. The van der Waals surface area contributed by atoms with Crippen LogP contribution in [0.5, 0.6) is 0 Å². The molecule has 0 spiro atoms. The van der Waals surface area contributed by atoms with E-state index >= 15 is 0 Å². The number of rotatable bonds is 8. The standard InChI is InChI=1S/C30H35ClN4O5/c1-20(4-2-6-27(37)33-14-3-5-24(33)19-36)30(40)25-16-22(31)9-12-26(25)35(29(30)39)18-21-7-10-23(11-8-21)34-15-13-32-17-28(34)38/h2,4,7-12,16,20,24,32,36,40H,3,5-6,13-15,17-19H2,1H3/b4-2+/t20-,24-,30+/m0/s1. The minimum atomic E-state index is -1.85. The van der Waals surface area contributed by atoms with Crippen LogP contribution < -0.4 is 15.1 Å². The number of likely N-dealkylation sites (tertiary alicyclic amines) is 1. The minimum absolute atomic E-state index is 0.0157. The number of fused-ring (bicyclic) bond motifs is 1. The molecule has 0 unspecified atom stereocenters. The Kier molecular flexibility index (Phi) is 8.28. The van der Waals surface area contributed by atoms with Crippen molar-refractivity contribution in [3.05, 3.63) is 70.8 Å². The third-order valence-electron chi connectivity index (χ3n) is 8.19. The molecule has 3 atom stereocenters. The molecule has 3 aliphatic rings. The van der Waals surface area contributed by atoms with Gasteiger partial charge >= 0.3 is 0 Å². The van der Waals surface area contributed by atoms with Gasteiger partial charge in [0.2, 0.25) is 11.8 Å². The zero-order chi connectivity index (χ0) is 28.4. The van der Waals surface area contributed by atoms with Crippen molar-refractivity contribution in [3.8, 4) is 0 Å².